The quantitative estimate of drug-likeness (QED) is 0.220. The van der Waals surface area contributed by atoms with Gasteiger partial charge in [-0.1, -0.05) is 62.4 Å². The molecule has 0 bridgehead atoms. The van der Waals surface area contributed by atoms with Crippen molar-refractivity contribution in [2.24, 2.45) is 0 Å². The molecule has 5 rings (SSSR count). The fourth-order valence-electron chi connectivity index (χ4n) is 4.17. The van der Waals surface area contributed by atoms with Gasteiger partial charge in [0.2, 0.25) is 0 Å². The number of benzene rings is 5. The van der Waals surface area contributed by atoms with Crippen LogP contribution >= 0.6 is 23.5 Å². The molecular weight excluding hydrogens is 376 g/mol. The predicted molar refractivity (Wildman–Crippen MR) is 129 cm³/mol. The van der Waals surface area contributed by atoms with E-state index in [1.165, 1.54) is 52.9 Å². The zero-order chi connectivity index (χ0) is 19.1. The van der Waals surface area contributed by atoms with E-state index in [0.717, 1.165) is 11.5 Å². The molecule has 0 atom stereocenters. The van der Waals surface area contributed by atoms with Gasteiger partial charge in [-0.05, 0) is 78.9 Å². The lowest BCUT2D eigenvalue weighted by molar-refractivity contribution is 1.46. The minimum Gasteiger partial charge on any atom is -0.126 e. The van der Waals surface area contributed by atoms with Crippen molar-refractivity contribution in [1.29, 1.82) is 0 Å². The minimum atomic E-state index is 1.11. The fourth-order valence-corrected chi connectivity index (χ4v) is 5.59. The van der Waals surface area contributed by atoms with Crippen molar-refractivity contribution in [2.75, 3.05) is 11.5 Å². The first kappa shape index (κ1) is 17.9. The Morgan fingerprint density at radius 1 is 0.464 bits per heavy atom. The van der Waals surface area contributed by atoms with Gasteiger partial charge in [-0.3, -0.25) is 0 Å². The molecule has 0 spiro atoms. The molecule has 0 nitrogen and oxygen atoms in total. The maximum absolute atomic E-state index is 2.32. The molecule has 0 aromatic heterocycles. The summed E-state index contributed by atoms with van der Waals surface area (Å²) in [6.45, 7) is 4.41. The van der Waals surface area contributed by atoms with Crippen LogP contribution in [0.4, 0.5) is 0 Å². The third-order valence-corrected chi connectivity index (χ3v) is 7.15. The van der Waals surface area contributed by atoms with Gasteiger partial charge in [0.15, 0.2) is 0 Å². The van der Waals surface area contributed by atoms with Gasteiger partial charge in [-0.25, -0.2) is 0 Å². The second-order valence-electron chi connectivity index (χ2n) is 7.02. The molecular formula is C26H22S2. The Kier molecular flexibility index (Phi) is 4.70. The number of hydrogen-bond donors (Lipinski definition) is 0. The first-order valence-electron chi connectivity index (χ1n) is 9.86. The second-order valence-corrected chi connectivity index (χ2v) is 9.69. The number of thioether (sulfide) groups is 2. The van der Waals surface area contributed by atoms with Gasteiger partial charge in [0.05, 0.1) is 0 Å². The van der Waals surface area contributed by atoms with Crippen LogP contribution in [-0.4, -0.2) is 11.5 Å². The van der Waals surface area contributed by atoms with Crippen LogP contribution in [0.3, 0.4) is 0 Å². The van der Waals surface area contributed by atoms with Gasteiger partial charge >= 0.3 is 0 Å². The summed E-state index contributed by atoms with van der Waals surface area (Å²) in [4.78, 5) is 2.70. The lowest BCUT2D eigenvalue weighted by Crippen LogP contribution is -1.84. The summed E-state index contributed by atoms with van der Waals surface area (Å²) in [6, 6.07) is 27.5. The minimum absolute atomic E-state index is 1.11. The summed E-state index contributed by atoms with van der Waals surface area (Å²) in [5.41, 5.74) is 0. The summed E-state index contributed by atoms with van der Waals surface area (Å²) in [6.07, 6.45) is 0. The largest absolute Gasteiger partial charge is 0.126 e. The Bertz CT molecular complexity index is 1230. The molecule has 0 aliphatic rings. The summed E-state index contributed by atoms with van der Waals surface area (Å²) in [7, 11) is 0. The van der Waals surface area contributed by atoms with Crippen molar-refractivity contribution in [1.82, 2.24) is 0 Å². The third-order valence-electron chi connectivity index (χ3n) is 5.39. The van der Waals surface area contributed by atoms with Crippen molar-refractivity contribution >= 4 is 66.6 Å². The average Bonchev–Trinajstić information content (AvgIpc) is 2.73. The molecule has 0 fully saturated rings. The summed E-state index contributed by atoms with van der Waals surface area (Å²) < 4.78 is 0. The third kappa shape index (κ3) is 2.96. The highest BCUT2D eigenvalue weighted by molar-refractivity contribution is 7.99. The predicted octanol–water partition coefficient (Wildman–Crippen LogP) is 8.52. The van der Waals surface area contributed by atoms with Crippen LogP contribution in [0.15, 0.2) is 82.6 Å². The van der Waals surface area contributed by atoms with Crippen molar-refractivity contribution in [2.45, 2.75) is 23.6 Å². The maximum Gasteiger partial charge on any atom is 0.00782 e. The van der Waals surface area contributed by atoms with E-state index in [0.29, 0.717) is 0 Å². The summed E-state index contributed by atoms with van der Waals surface area (Å²) in [5.74, 6) is 2.21. The highest BCUT2D eigenvalue weighted by atomic mass is 32.2. The zero-order valence-electron chi connectivity index (χ0n) is 16.2. The highest BCUT2D eigenvalue weighted by Gasteiger charge is 2.08. The maximum atomic E-state index is 2.32. The van der Waals surface area contributed by atoms with Crippen LogP contribution in [-0.2, 0) is 0 Å². The molecule has 0 N–H and O–H groups in total. The first-order chi connectivity index (χ1) is 13.8. The van der Waals surface area contributed by atoms with Crippen molar-refractivity contribution < 1.29 is 0 Å². The van der Waals surface area contributed by atoms with E-state index < -0.39 is 0 Å². The molecule has 5 aromatic rings. The first-order valence-corrected chi connectivity index (χ1v) is 11.8. The topological polar surface area (TPSA) is 0 Å². The molecule has 5 aromatic carbocycles. The van der Waals surface area contributed by atoms with E-state index >= 15 is 0 Å². The Morgan fingerprint density at radius 2 is 0.821 bits per heavy atom. The normalized spacial score (nSPS) is 11.8. The van der Waals surface area contributed by atoms with Gasteiger partial charge in [0.25, 0.3) is 0 Å². The van der Waals surface area contributed by atoms with E-state index in [9.17, 15) is 0 Å². The smallest absolute Gasteiger partial charge is 0.00782 e. The summed E-state index contributed by atoms with van der Waals surface area (Å²) in [5, 5.41) is 10.7. The van der Waals surface area contributed by atoms with Crippen LogP contribution in [0.1, 0.15) is 13.8 Å². The van der Waals surface area contributed by atoms with Gasteiger partial charge < -0.3 is 0 Å². The fraction of sp³-hybridized carbons (Fsp3) is 0.154. The molecule has 0 heterocycles. The van der Waals surface area contributed by atoms with Crippen LogP contribution in [0.2, 0.25) is 0 Å². The monoisotopic (exact) mass is 398 g/mol. The van der Waals surface area contributed by atoms with Crippen molar-refractivity contribution in [3.8, 4) is 0 Å². The Hall–Kier alpha value is -2.16. The standard InChI is InChI=1S/C26H22S2/c1-3-27-19-7-11-21-17(15-19)5-9-25-23(21)13-14-24-22-12-8-20(28-4-2)16-18(22)6-10-26(24)25/h5-16H,3-4H2,1-2H3. The summed E-state index contributed by atoms with van der Waals surface area (Å²) >= 11 is 3.80. The van der Waals surface area contributed by atoms with Crippen molar-refractivity contribution in [3.05, 3.63) is 72.8 Å². The molecule has 0 radical (unpaired) electrons. The number of fused-ring (bicyclic) bond motifs is 7. The van der Waals surface area contributed by atoms with Gasteiger partial charge in [-0.15, -0.1) is 23.5 Å². The van der Waals surface area contributed by atoms with Gasteiger partial charge in [0.1, 0.15) is 0 Å². The van der Waals surface area contributed by atoms with Gasteiger partial charge in [-0.2, -0.15) is 0 Å². The van der Waals surface area contributed by atoms with E-state index in [1.807, 2.05) is 23.5 Å². The second kappa shape index (κ2) is 7.35. The molecule has 0 unspecified atom stereocenters. The van der Waals surface area contributed by atoms with Crippen LogP contribution < -0.4 is 0 Å². The Morgan fingerprint density at radius 3 is 1.25 bits per heavy atom. The molecule has 0 saturated heterocycles. The SMILES string of the molecule is CCSc1ccc2c(ccc3c2ccc2c4ccc(SCC)cc4ccc23)c1. The molecule has 0 saturated carbocycles. The molecule has 2 heteroatoms. The molecule has 0 aliphatic carbocycles. The van der Waals surface area contributed by atoms with E-state index in [1.54, 1.807) is 0 Å². The Balaban J connectivity index is 1.76. The molecule has 138 valence electrons. The lowest BCUT2D eigenvalue weighted by Gasteiger charge is -2.11. The van der Waals surface area contributed by atoms with E-state index in [4.69, 9.17) is 0 Å². The number of rotatable bonds is 4. The molecule has 28 heavy (non-hydrogen) atoms. The van der Waals surface area contributed by atoms with Crippen LogP contribution in [0.5, 0.6) is 0 Å². The molecule has 0 aliphatic heterocycles. The highest BCUT2D eigenvalue weighted by Crippen LogP contribution is 2.36. The zero-order valence-corrected chi connectivity index (χ0v) is 17.8. The number of hydrogen-bond acceptors (Lipinski definition) is 2. The Labute approximate surface area is 174 Å². The van der Waals surface area contributed by atoms with Crippen LogP contribution in [0, 0.1) is 0 Å². The van der Waals surface area contributed by atoms with E-state index in [2.05, 4.69) is 86.6 Å². The van der Waals surface area contributed by atoms with E-state index in [-0.39, 0.29) is 0 Å². The van der Waals surface area contributed by atoms with Gasteiger partial charge in [0, 0.05) is 9.79 Å². The average molecular weight is 399 g/mol. The lowest BCUT2D eigenvalue weighted by atomic mass is 9.94. The van der Waals surface area contributed by atoms with Crippen molar-refractivity contribution in [3.63, 3.8) is 0 Å². The van der Waals surface area contributed by atoms with Crippen LogP contribution in [0.25, 0.3) is 43.1 Å². The molecule has 0 amide bonds.